The van der Waals surface area contributed by atoms with Gasteiger partial charge in [0.15, 0.2) is 6.61 Å². The molecule has 0 radical (unpaired) electrons. The Labute approximate surface area is 124 Å². The zero-order chi connectivity index (χ0) is 16.2. The fraction of sp³-hybridized carbons (Fsp3) is 0.200. The van der Waals surface area contributed by atoms with Crippen molar-refractivity contribution < 1.29 is 22.7 Å². The first-order chi connectivity index (χ1) is 10.3. The molecule has 0 fully saturated rings. The van der Waals surface area contributed by atoms with Crippen LogP contribution in [0.1, 0.15) is 15.9 Å². The quantitative estimate of drug-likeness (QED) is 0.939. The first-order valence-corrected chi connectivity index (χ1v) is 6.37. The largest absolute Gasteiger partial charge is 0.468 e. The number of hydrogen-bond acceptors (Lipinski definition) is 3. The van der Waals surface area contributed by atoms with Crippen LogP contribution in [-0.4, -0.2) is 23.7 Å². The number of amides is 1. The number of pyridine rings is 1. The molecular weight excluding hydrogens is 297 g/mol. The standard InChI is InChI=1S/C15H13F3N2O2/c1-10-3-2-4-12(7-10)20-14(21)11-5-6-13(19-8-11)22-9-15(16,17)18/h2-8H,9H2,1H3,(H,20,21). The Bertz CT molecular complexity index is 655. The van der Waals surface area contributed by atoms with Crippen molar-refractivity contribution in [2.75, 3.05) is 11.9 Å². The fourth-order valence-electron chi connectivity index (χ4n) is 1.68. The third-order valence-electron chi connectivity index (χ3n) is 2.66. The minimum Gasteiger partial charge on any atom is -0.468 e. The number of carbonyl (C=O) groups excluding carboxylic acids is 1. The van der Waals surface area contributed by atoms with Gasteiger partial charge in [-0.2, -0.15) is 13.2 Å². The lowest BCUT2D eigenvalue weighted by molar-refractivity contribution is -0.154. The third kappa shape index (κ3) is 4.76. The van der Waals surface area contributed by atoms with Gasteiger partial charge in [0, 0.05) is 18.0 Å². The monoisotopic (exact) mass is 310 g/mol. The molecular formula is C15H13F3N2O2. The molecule has 4 nitrogen and oxygen atoms in total. The van der Waals surface area contributed by atoms with E-state index in [1.807, 2.05) is 13.0 Å². The summed E-state index contributed by atoms with van der Waals surface area (Å²) in [6, 6.07) is 9.80. The topological polar surface area (TPSA) is 51.2 Å². The van der Waals surface area contributed by atoms with Crippen LogP contribution < -0.4 is 10.1 Å². The van der Waals surface area contributed by atoms with Gasteiger partial charge in [0.25, 0.3) is 5.91 Å². The zero-order valence-corrected chi connectivity index (χ0v) is 11.6. The van der Waals surface area contributed by atoms with Gasteiger partial charge in [0.05, 0.1) is 5.56 Å². The maximum atomic E-state index is 12.0. The third-order valence-corrected chi connectivity index (χ3v) is 2.66. The summed E-state index contributed by atoms with van der Waals surface area (Å²) in [4.78, 5) is 15.7. The molecule has 0 bridgehead atoms. The smallest absolute Gasteiger partial charge is 0.422 e. The number of aromatic nitrogens is 1. The van der Waals surface area contributed by atoms with Crippen LogP contribution in [0, 0.1) is 6.92 Å². The number of nitrogens with one attached hydrogen (secondary N) is 1. The summed E-state index contributed by atoms with van der Waals surface area (Å²) < 4.78 is 40.5. The van der Waals surface area contributed by atoms with E-state index in [-0.39, 0.29) is 11.4 Å². The minimum absolute atomic E-state index is 0.190. The highest BCUT2D eigenvalue weighted by Crippen LogP contribution is 2.17. The first-order valence-electron chi connectivity index (χ1n) is 6.37. The highest BCUT2D eigenvalue weighted by molar-refractivity contribution is 6.04. The first kappa shape index (κ1) is 15.8. The van der Waals surface area contributed by atoms with E-state index in [0.717, 1.165) is 11.8 Å². The Hall–Kier alpha value is -2.57. The van der Waals surface area contributed by atoms with Gasteiger partial charge in [0.1, 0.15) is 0 Å². The van der Waals surface area contributed by atoms with Gasteiger partial charge in [-0.15, -0.1) is 0 Å². The molecule has 0 unspecified atom stereocenters. The van der Waals surface area contributed by atoms with Crippen molar-refractivity contribution in [2.24, 2.45) is 0 Å². The van der Waals surface area contributed by atoms with Crippen molar-refractivity contribution in [2.45, 2.75) is 13.1 Å². The lowest BCUT2D eigenvalue weighted by atomic mass is 10.2. The lowest BCUT2D eigenvalue weighted by Gasteiger charge is -2.09. The predicted molar refractivity (Wildman–Crippen MR) is 74.9 cm³/mol. The van der Waals surface area contributed by atoms with Crippen molar-refractivity contribution in [3.63, 3.8) is 0 Å². The number of carbonyl (C=O) groups is 1. The molecule has 0 aliphatic heterocycles. The zero-order valence-electron chi connectivity index (χ0n) is 11.6. The highest BCUT2D eigenvalue weighted by Gasteiger charge is 2.28. The molecule has 1 heterocycles. The maximum absolute atomic E-state index is 12.0. The molecule has 1 N–H and O–H groups in total. The summed E-state index contributed by atoms with van der Waals surface area (Å²) in [5.41, 5.74) is 1.84. The summed E-state index contributed by atoms with van der Waals surface area (Å²) in [5.74, 6) is -0.593. The number of nitrogens with zero attached hydrogens (tertiary/aromatic N) is 1. The maximum Gasteiger partial charge on any atom is 0.422 e. The number of hydrogen-bond donors (Lipinski definition) is 1. The van der Waals surface area contributed by atoms with Crippen molar-refractivity contribution in [3.05, 3.63) is 53.7 Å². The Kier molecular flexibility index (Phi) is 4.65. The van der Waals surface area contributed by atoms with E-state index < -0.39 is 18.7 Å². The molecule has 0 saturated heterocycles. The summed E-state index contributed by atoms with van der Waals surface area (Å²) >= 11 is 0. The number of anilines is 1. The summed E-state index contributed by atoms with van der Waals surface area (Å²) in [6.07, 6.45) is -3.26. The number of benzene rings is 1. The summed E-state index contributed by atoms with van der Waals surface area (Å²) in [7, 11) is 0. The molecule has 2 aromatic rings. The molecule has 0 spiro atoms. The Morgan fingerprint density at radius 3 is 2.64 bits per heavy atom. The summed E-state index contributed by atoms with van der Waals surface area (Å²) in [5, 5.41) is 2.68. The molecule has 0 saturated carbocycles. The van der Waals surface area contributed by atoms with Gasteiger partial charge >= 0.3 is 6.18 Å². The molecule has 0 atom stereocenters. The van der Waals surface area contributed by atoms with Crippen molar-refractivity contribution >= 4 is 11.6 Å². The van der Waals surface area contributed by atoms with Gasteiger partial charge in [-0.25, -0.2) is 4.98 Å². The Morgan fingerprint density at radius 2 is 2.05 bits per heavy atom. The molecule has 1 amide bonds. The normalized spacial score (nSPS) is 11.1. The number of alkyl halides is 3. The SMILES string of the molecule is Cc1cccc(NC(=O)c2ccc(OCC(F)(F)F)nc2)c1. The van der Waals surface area contributed by atoms with Gasteiger partial charge in [-0.1, -0.05) is 12.1 Å². The van der Waals surface area contributed by atoms with Crippen molar-refractivity contribution in [3.8, 4) is 5.88 Å². The van der Waals surface area contributed by atoms with E-state index in [1.54, 1.807) is 18.2 Å². The number of rotatable bonds is 4. The average molecular weight is 310 g/mol. The van der Waals surface area contributed by atoms with E-state index in [1.165, 1.54) is 12.1 Å². The molecule has 0 aliphatic carbocycles. The van der Waals surface area contributed by atoms with Crippen LogP contribution in [0.2, 0.25) is 0 Å². The van der Waals surface area contributed by atoms with E-state index in [0.29, 0.717) is 5.69 Å². The lowest BCUT2D eigenvalue weighted by Crippen LogP contribution is -2.19. The van der Waals surface area contributed by atoms with Gasteiger partial charge < -0.3 is 10.1 Å². The van der Waals surface area contributed by atoms with Crippen LogP contribution in [0.25, 0.3) is 0 Å². The molecule has 1 aromatic heterocycles. The van der Waals surface area contributed by atoms with Crippen molar-refractivity contribution in [1.82, 2.24) is 4.98 Å². The minimum atomic E-state index is -4.43. The molecule has 2 rings (SSSR count). The summed E-state index contributed by atoms with van der Waals surface area (Å²) in [6.45, 7) is 0.471. The fourth-order valence-corrected chi connectivity index (χ4v) is 1.68. The second-order valence-electron chi connectivity index (χ2n) is 4.61. The van der Waals surface area contributed by atoms with Gasteiger partial charge in [0.2, 0.25) is 5.88 Å². The average Bonchev–Trinajstić information content (AvgIpc) is 2.45. The van der Waals surface area contributed by atoms with E-state index in [2.05, 4.69) is 15.0 Å². The molecule has 1 aromatic carbocycles. The number of halogens is 3. The highest BCUT2D eigenvalue weighted by atomic mass is 19.4. The van der Waals surface area contributed by atoms with Crippen LogP contribution in [0.15, 0.2) is 42.6 Å². The van der Waals surface area contributed by atoms with Crippen LogP contribution in [0.5, 0.6) is 5.88 Å². The molecule has 0 aliphatic rings. The number of aryl methyl sites for hydroxylation is 1. The van der Waals surface area contributed by atoms with E-state index >= 15 is 0 Å². The van der Waals surface area contributed by atoms with Gasteiger partial charge in [-0.3, -0.25) is 4.79 Å². The van der Waals surface area contributed by atoms with Crippen molar-refractivity contribution in [1.29, 1.82) is 0 Å². The Morgan fingerprint density at radius 1 is 1.27 bits per heavy atom. The molecule has 22 heavy (non-hydrogen) atoms. The van der Waals surface area contributed by atoms with Crippen LogP contribution in [0.4, 0.5) is 18.9 Å². The molecule has 116 valence electrons. The predicted octanol–water partition coefficient (Wildman–Crippen LogP) is 3.58. The van der Waals surface area contributed by atoms with E-state index in [4.69, 9.17) is 0 Å². The van der Waals surface area contributed by atoms with Crippen LogP contribution in [-0.2, 0) is 0 Å². The van der Waals surface area contributed by atoms with Crippen LogP contribution in [0.3, 0.4) is 0 Å². The van der Waals surface area contributed by atoms with Gasteiger partial charge in [-0.05, 0) is 30.7 Å². The second-order valence-corrected chi connectivity index (χ2v) is 4.61. The molecule has 7 heteroatoms. The number of ether oxygens (including phenoxy) is 1. The Balaban J connectivity index is 1.99. The van der Waals surface area contributed by atoms with Crippen LogP contribution >= 0.6 is 0 Å². The second kappa shape index (κ2) is 6.46. The van der Waals surface area contributed by atoms with E-state index in [9.17, 15) is 18.0 Å².